The van der Waals surface area contributed by atoms with Crippen molar-refractivity contribution in [2.45, 2.75) is 31.4 Å². The van der Waals surface area contributed by atoms with Gasteiger partial charge in [-0.25, -0.2) is 0 Å². The van der Waals surface area contributed by atoms with Gasteiger partial charge in [-0.2, -0.15) is 0 Å². The van der Waals surface area contributed by atoms with Crippen LogP contribution in [0.25, 0.3) is 0 Å². The zero-order valence-electron chi connectivity index (χ0n) is 9.22. The molecule has 3 rings (SSSR count). The van der Waals surface area contributed by atoms with Crippen molar-refractivity contribution >= 4 is 0 Å². The monoisotopic (exact) mass is 209 g/mol. The molecule has 3 nitrogen and oxygen atoms in total. The molecule has 0 spiro atoms. The molecule has 2 fully saturated rings. The fourth-order valence-electron chi connectivity index (χ4n) is 3.72. The average Bonchev–Trinajstić information content (AvgIpc) is 2.69. The summed E-state index contributed by atoms with van der Waals surface area (Å²) in [4.78, 5) is 2.55. The molecular weight excluding hydrogens is 190 g/mol. The van der Waals surface area contributed by atoms with Gasteiger partial charge < -0.3 is 9.84 Å². The van der Waals surface area contributed by atoms with Crippen molar-refractivity contribution < 1.29 is 9.84 Å². The topological polar surface area (TPSA) is 32.7 Å². The second-order valence-corrected chi connectivity index (χ2v) is 4.99. The first-order chi connectivity index (χ1) is 7.31. The summed E-state index contributed by atoms with van der Waals surface area (Å²) < 4.78 is 5.43. The van der Waals surface area contributed by atoms with Crippen LogP contribution < -0.4 is 0 Å². The quantitative estimate of drug-likeness (QED) is 0.699. The molecule has 0 amide bonds. The summed E-state index contributed by atoms with van der Waals surface area (Å²) >= 11 is 0. The predicted molar refractivity (Wildman–Crippen MR) is 57.3 cm³/mol. The lowest BCUT2D eigenvalue weighted by Gasteiger charge is -2.43. The second-order valence-electron chi connectivity index (χ2n) is 4.99. The first-order valence-electron chi connectivity index (χ1n) is 5.99. The number of aliphatic hydroxyl groups is 1. The van der Waals surface area contributed by atoms with Crippen molar-refractivity contribution in [3.8, 4) is 0 Å². The summed E-state index contributed by atoms with van der Waals surface area (Å²) in [5.74, 6) is 2.02. The molecule has 0 aromatic rings. The standard InChI is InChI=1S/C12H19NO2/c1-15-11-7-10(14)8-4-6-13-5-2-3-9(11)12(8)13/h7-10,12,14H,2-6H2,1H3/t8-,9+,10-,12+/m0/s1. The Hall–Kier alpha value is -0.540. The van der Waals surface area contributed by atoms with E-state index < -0.39 is 0 Å². The Morgan fingerprint density at radius 3 is 3.07 bits per heavy atom. The molecule has 3 aliphatic rings. The fraction of sp³-hybridized carbons (Fsp3) is 0.833. The lowest BCUT2D eigenvalue weighted by Crippen LogP contribution is -2.49. The van der Waals surface area contributed by atoms with E-state index in [0.717, 1.165) is 18.7 Å². The number of aliphatic hydroxyl groups excluding tert-OH is 1. The van der Waals surface area contributed by atoms with Crippen molar-refractivity contribution in [2.75, 3.05) is 20.2 Å². The molecule has 0 aromatic heterocycles. The zero-order valence-corrected chi connectivity index (χ0v) is 9.22. The molecule has 2 aliphatic heterocycles. The molecule has 1 N–H and O–H groups in total. The molecule has 0 radical (unpaired) electrons. The largest absolute Gasteiger partial charge is 0.501 e. The lowest BCUT2D eigenvalue weighted by atomic mass is 9.75. The summed E-state index contributed by atoms with van der Waals surface area (Å²) in [6.07, 6.45) is 5.30. The Kier molecular flexibility index (Phi) is 2.25. The van der Waals surface area contributed by atoms with Crippen LogP contribution in [0.5, 0.6) is 0 Å². The average molecular weight is 209 g/mol. The van der Waals surface area contributed by atoms with Crippen LogP contribution in [0.15, 0.2) is 11.8 Å². The maximum atomic E-state index is 10.1. The van der Waals surface area contributed by atoms with E-state index in [1.807, 2.05) is 6.08 Å². The molecule has 15 heavy (non-hydrogen) atoms. The molecule has 1 aliphatic carbocycles. The van der Waals surface area contributed by atoms with Gasteiger partial charge in [-0.1, -0.05) is 0 Å². The highest BCUT2D eigenvalue weighted by molar-refractivity contribution is 5.17. The van der Waals surface area contributed by atoms with Gasteiger partial charge in [0.05, 0.1) is 19.0 Å². The zero-order chi connectivity index (χ0) is 10.4. The fourth-order valence-corrected chi connectivity index (χ4v) is 3.72. The van der Waals surface area contributed by atoms with Gasteiger partial charge in [-0.05, 0) is 38.4 Å². The maximum Gasteiger partial charge on any atom is 0.0988 e. The lowest BCUT2D eigenvalue weighted by molar-refractivity contribution is 0.0287. The number of ether oxygens (including phenoxy) is 1. The highest BCUT2D eigenvalue weighted by Crippen LogP contribution is 2.44. The van der Waals surface area contributed by atoms with Crippen LogP contribution in [0, 0.1) is 11.8 Å². The predicted octanol–water partition coefficient (Wildman–Crippen LogP) is 0.992. The van der Waals surface area contributed by atoms with E-state index in [9.17, 15) is 5.11 Å². The number of hydrogen-bond acceptors (Lipinski definition) is 3. The van der Waals surface area contributed by atoms with Gasteiger partial charge in [0.25, 0.3) is 0 Å². The van der Waals surface area contributed by atoms with Crippen molar-refractivity contribution in [3.05, 3.63) is 11.8 Å². The van der Waals surface area contributed by atoms with Crippen LogP contribution in [0.1, 0.15) is 19.3 Å². The minimum atomic E-state index is -0.288. The molecule has 2 heterocycles. The van der Waals surface area contributed by atoms with Crippen LogP contribution in [-0.2, 0) is 4.74 Å². The smallest absolute Gasteiger partial charge is 0.0988 e. The molecule has 2 saturated heterocycles. The van der Waals surface area contributed by atoms with E-state index >= 15 is 0 Å². The van der Waals surface area contributed by atoms with Gasteiger partial charge in [0.15, 0.2) is 0 Å². The summed E-state index contributed by atoms with van der Waals surface area (Å²) in [7, 11) is 1.73. The Bertz CT molecular complexity index is 289. The van der Waals surface area contributed by atoms with Gasteiger partial charge in [-0.3, -0.25) is 4.90 Å². The van der Waals surface area contributed by atoms with Gasteiger partial charge in [-0.15, -0.1) is 0 Å². The van der Waals surface area contributed by atoms with E-state index in [1.54, 1.807) is 7.11 Å². The Morgan fingerprint density at radius 2 is 2.27 bits per heavy atom. The number of rotatable bonds is 1. The van der Waals surface area contributed by atoms with Gasteiger partial charge in [0.2, 0.25) is 0 Å². The van der Waals surface area contributed by atoms with Crippen LogP contribution in [0.2, 0.25) is 0 Å². The van der Waals surface area contributed by atoms with E-state index in [4.69, 9.17) is 4.74 Å². The Balaban J connectivity index is 1.95. The minimum Gasteiger partial charge on any atom is -0.501 e. The van der Waals surface area contributed by atoms with Crippen LogP contribution in [-0.4, -0.2) is 42.4 Å². The van der Waals surface area contributed by atoms with Crippen molar-refractivity contribution in [1.82, 2.24) is 4.90 Å². The highest BCUT2D eigenvalue weighted by atomic mass is 16.5. The first-order valence-corrected chi connectivity index (χ1v) is 5.99. The van der Waals surface area contributed by atoms with E-state index in [0.29, 0.717) is 17.9 Å². The number of hydrogen-bond donors (Lipinski definition) is 1. The Morgan fingerprint density at radius 1 is 1.40 bits per heavy atom. The van der Waals surface area contributed by atoms with Gasteiger partial charge in [0, 0.05) is 17.9 Å². The number of piperidine rings is 1. The molecule has 0 bridgehead atoms. The second kappa shape index (κ2) is 3.49. The van der Waals surface area contributed by atoms with Crippen molar-refractivity contribution in [3.63, 3.8) is 0 Å². The molecule has 0 saturated carbocycles. The van der Waals surface area contributed by atoms with Crippen LogP contribution in [0.3, 0.4) is 0 Å². The van der Waals surface area contributed by atoms with Gasteiger partial charge >= 0.3 is 0 Å². The third kappa shape index (κ3) is 1.33. The molecule has 0 aromatic carbocycles. The highest BCUT2D eigenvalue weighted by Gasteiger charge is 2.48. The van der Waals surface area contributed by atoms with E-state index in [2.05, 4.69) is 4.90 Å². The summed E-state index contributed by atoms with van der Waals surface area (Å²) in [6.45, 7) is 2.37. The number of methoxy groups -OCH3 is 1. The molecule has 0 unspecified atom stereocenters. The van der Waals surface area contributed by atoms with E-state index in [1.165, 1.54) is 19.4 Å². The third-order valence-corrected chi connectivity index (χ3v) is 4.36. The SMILES string of the molecule is COC1=C[C@H](O)[C@@H]2CCN3CCC[C@H]1[C@@H]23. The molecule has 84 valence electrons. The van der Waals surface area contributed by atoms with Crippen molar-refractivity contribution in [1.29, 1.82) is 0 Å². The van der Waals surface area contributed by atoms with Crippen LogP contribution >= 0.6 is 0 Å². The molecule has 4 atom stereocenters. The molecule has 3 heteroatoms. The van der Waals surface area contributed by atoms with Crippen LogP contribution in [0.4, 0.5) is 0 Å². The first kappa shape index (κ1) is 9.67. The minimum absolute atomic E-state index is 0.288. The molecular formula is C12H19NO2. The van der Waals surface area contributed by atoms with Crippen molar-refractivity contribution in [2.24, 2.45) is 11.8 Å². The Labute approximate surface area is 90.7 Å². The third-order valence-electron chi connectivity index (χ3n) is 4.36. The van der Waals surface area contributed by atoms with Gasteiger partial charge in [0.1, 0.15) is 0 Å². The maximum absolute atomic E-state index is 10.1. The normalized spacial score (nSPS) is 44.8. The summed E-state index contributed by atoms with van der Waals surface area (Å²) in [5, 5.41) is 10.1. The number of nitrogens with zero attached hydrogens (tertiary/aromatic N) is 1. The van der Waals surface area contributed by atoms with E-state index in [-0.39, 0.29) is 6.10 Å². The summed E-state index contributed by atoms with van der Waals surface area (Å²) in [6, 6.07) is 0.550. The summed E-state index contributed by atoms with van der Waals surface area (Å²) in [5.41, 5.74) is 0.